The van der Waals surface area contributed by atoms with E-state index in [1.54, 1.807) is 0 Å². The zero-order valence-corrected chi connectivity index (χ0v) is 11.3. The molecule has 0 bridgehead atoms. The largest absolute Gasteiger partial charge is 0.371 e. The molecule has 1 N–H and O–H groups in total. The Labute approximate surface area is 118 Å². The Hall–Kier alpha value is -2.07. The van der Waals surface area contributed by atoms with E-state index >= 15 is 0 Å². The summed E-state index contributed by atoms with van der Waals surface area (Å²) < 4.78 is 7.62. The van der Waals surface area contributed by atoms with Crippen LogP contribution in [0, 0.1) is 0 Å². The minimum absolute atomic E-state index is 0.0173. The van der Waals surface area contributed by atoms with Gasteiger partial charge in [0.05, 0.1) is 12.7 Å². The van der Waals surface area contributed by atoms with Gasteiger partial charge >= 0.3 is 0 Å². The van der Waals surface area contributed by atoms with Gasteiger partial charge in [0.25, 0.3) is 0 Å². The number of benzene rings is 1. The number of hydrogen-bond donors (Lipinski definition) is 1. The van der Waals surface area contributed by atoms with E-state index in [4.69, 9.17) is 4.74 Å². The standard InChI is InChI=1S/C16H18N2O2/c19-16(11-18-7-3-4-8-18)17-10-15-9-13-5-1-2-6-14(13)12-20-15/h1-8,15H,9-12H2,(H,17,19). The van der Waals surface area contributed by atoms with Crippen molar-refractivity contribution in [2.75, 3.05) is 6.54 Å². The van der Waals surface area contributed by atoms with Gasteiger partial charge in [0.1, 0.15) is 6.54 Å². The Kier molecular flexibility index (Phi) is 3.83. The first-order valence-corrected chi connectivity index (χ1v) is 6.87. The maximum atomic E-state index is 11.8. The van der Waals surface area contributed by atoms with Crippen LogP contribution in [0.3, 0.4) is 0 Å². The van der Waals surface area contributed by atoms with Crippen molar-refractivity contribution >= 4 is 5.91 Å². The van der Waals surface area contributed by atoms with Crippen molar-refractivity contribution in [3.05, 3.63) is 59.9 Å². The Balaban J connectivity index is 1.49. The SMILES string of the molecule is O=C(Cn1cccc1)NCC1Cc2ccccc2CO1. The maximum absolute atomic E-state index is 11.8. The number of nitrogens with zero attached hydrogens (tertiary/aromatic N) is 1. The molecule has 1 atom stereocenters. The van der Waals surface area contributed by atoms with Crippen LogP contribution in [0.25, 0.3) is 0 Å². The highest BCUT2D eigenvalue weighted by molar-refractivity contribution is 5.75. The second kappa shape index (κ2) is 5.92. The van der Waals surface area contributed by atoms with E-state index in [1.807, 2.05) is 41.2 Å². The minimum atomic E-state index is 0.0173. The van der Waals surface area contributed by atoms with Crippen LogP contribution in [-0.2, 0) is 29.1 Å². The van der Waals surface area contributed by atoms with Gasteiger partial charge < -0.3 is 14.6 Å². The quantitative estimate of drug-likeness (QED) is 0.919. The van der Waals surface area contributed by atoms with Crippen LogP contribution in [0.2, 0.25) is 0 Å². The van der Waals surface area contributed by atoms with Crippen LogP contribution in [0.1, 0.15) is 11.1 Å². The lowest BCUT2D eigenvalue weighted by atomic mass is 9.99. The molecule has 0 radical (unpaired) electrons. The van der Waals surface area contributed by atoms with Crippen molar-refractivity contribution in [2.24, 2.45) is 0 Å². The average Bonchev–Trinajstić information content (AvgIpc) is 2.98. The molecule has 1 aliphatic rings. The molecule has 0 fully saturated rings. The molecule has 2 heterocycles. The first kappa shape index (κ1) is 12.9. The van der Waals surface area contributed by atoms with E-state index in [1.165, 1.54) is 11.1 Å². The van der Waals surface area contributed by atoms with E-state index in [0.717, 1.165) is 6.42 Å². The van der Waals surface area contributed by atoms with Gasteiger partial charge in [-0.15, -0.1) is 0 Å². The zero-order valence-electron chi connectivity index (χ0n) is 11.3. The molecule has 0 saturated heterocycles. The number of carbonyl (C=O) groups is 1. The number of amides is 1. The summed E-state index contributed by atoms with van der Waals surface area (Å²) in [5.74, 6) is 0.0173. The van der Waals surface area contributed by atoms with Gasteiger partial charge in [-0.1, -0.05) is 24.3 Å². The first-order valence-electron chi connectivity index (χ1n) is 6.87. The second-order valence-corrected chi connectivity index (χ2v) is 5.07. The van der Waals surface area contributed by atoms with Gasteiger partial charge in [0.15, 0.2) is 0 Å². The Morgan fingerprint density at radius 2 is 1.95 bits per heavy atom. The number of fused-ring (bicyclic) bond motifs is 1. The summed E-state index contributed by atoms with van der Waals surface area (Å²) in [6.07, 6.45) is 4.69. The molecule has 4 nitrogen and oxygen atoms in total. The Bertz CT molecular complexity index is 578. The lowest BCUT2D eigenvalue weighted by molar-refractivity contribution is -0.122. The molecule has 20 heavy (non-hydrogen) atoms. The number of nitrogens with one attached hydrogen (secondary N) is 1. The van der Waals surface area contributed by atoms with Crippen LogP contribution < -0.4 is 5.32 Å². The van der Waals surface area contributed by atoms with Gasteiger partial charge in [-0.05, 0) is 23.3 Å². The summed E-state index contributed by atoms with van der Waals surface area (Å²) in [4.78, 5) is 11.8. The molecule has 104 valence electrons. The smallest absolute Gasteiger partial charge is 0.240 e. The van der Waals surface area contributed by atoms with Crippen molar-refractivity contribution < 1.29 is 9.53 Å². The molecule has 1 aromatic heterocycles. The summed E-state index contributed by atoms with van der Waals surface area (Å²) in [6, 6.07) is 12.1. The monoisotopic (exact) mass is 270 g/mol. The number of rotatable bonds is 4. The molecular formula is C16H18N2O2. The van der Waals surface area contributed by atoms with Gasteiger partial charge in [-0.3, -0.25) is 4.79 Å². The van der Waals surface area contributed by atoms with Crippen LogP contribution >= 0.6 is 0 Å². The van der Waals surface area contributed by atoms with E-state index in [2.05, 4.69) is 17.4 Å². The molecule has 1 unspecified atom stereocenters. The number of aromatic nitrogens is 1. The predicted molar refractivity (Wildman–Crippen MR) is 76.2 cm³/mol. The van der Waals surface area contributed by atoms with Crippen molar-refractivity contribution in [3.63, 3.8) is 0 Å². The van der Waals surface area contributed by atoms with Crippen molar-refractivity contribution in [1.82, 2.24) is 9.88 Å². The van der Waals surface area contributed by atoms with Gasteiger partial charge in [-0.2, -0.15) is 0 Å². The fraction of sp³-hybridized carbons (Fsp3) is 0.312. The highest BCUT2D eigenvalue weighted by Gasteiger charge is 2.19. The second-order valence-electron chi connectivity index (χ2n) is 5.07. The fourth-order valence-electron chi connectivity index (χ4n) is 2.47. The Morgan fingerprint density at radius 1 is 1.20 bits per heavy atom. The highest BCUT2D eigenvalue weighted by atomic mass is 16.5. The third-order valence-electron chi connectivity index (χ3n) is 3.56. The first-order chi connectivity index (χ1) is 9.81. The zero-order chi connectivity index (χ0) is 13.8. The highest BCUT2D eigenvalue weighted by Crippen LogP contribution is 2.19. The van der Waals surface area contributed by atoms with Crippen LogP contribution in [0.4, 0.5) is 0 Å². The molecular weight excluding hydrogens is 252 g/mol. The maximum Gasteiger partial charge on any atom is 0.240 e. The lowest BCUT2D eigenvalue weighted by Crippen LogP contribution is -2.38. The minimum Gasteiger partial charge on any atom is -0.371 e. The normalized spacial score (nSPS) is 17.5. The molecule has 3 rings (SSSR count). The summed E-state index contributed by atoms with van der Waals surface area (Å²) in [6.45, 7) is 1.55. The van der Waals surface area contributed by atoms with Gasteiger partial charge in [0.2, 0.25) is 5.91 Å². The summed E-state index contributed by atoms with van der Waals surface area (Å²) >= 11 is 0. The van der Waals surface area contributed by atoms with Crippen LogP contribution in [0.15, 0.2) is 48.8 Å². The summed E-state index contributed by atoms with van der Waals surface area (Å²) in [5.41, 5.74) is 2.57. The van der Waals surface area contributed by atoms with Crippen molar-refractivity contribution in [2.45, 2.75) is 25.7 Å². The fourth-order valence-corrected chi connectivity index (χ4v) is 2.47. The van der Waals surface area contributed by atoms with E-state index in [0.29, 0.717) is 19.7 Å². The van der Waals surface area contributed by atoms with E-state index in [-0.39, 0.29) is 12.0 Å². The third-order valence-corrected chi connectivity index (χ3v) is 3.56. The molecule has 2 aromatic rings. The van der Waals surface area contributed by atoms with Crippen molar-refractivity contribution in [1.29, 1.82) is 0 Å². The average molecular weight is 270 g/mol. The molecule has 0 aliphatic carbocycles. The molecule has 1 aromatic carbocycles. The lowest BCUT2D eigenvalue weighted by Gasteiger charge is -2.25. The number of ether oxygens (including phenoxy) is 1. The summed E-state index contributed by atoms with van der Waals surface area (Å²) in [7, 11) is 0. The topological polar surface area (TPSA) is 43.3 Å². The van der Waals surface area contributed by atoms with E-state index in [9.17, 15) is 4.79 Å². The molecule has 0 spiro atoms. The van der Waals surface area contributed by atoms with Crippen LogP contribution in [0.5, 0.6) is 0 Å². The van der Waals surface area contributed by atoms with Gasteiger partial charge in [0, 0.05) is 25.4 Å². The molecule has 1 amide bonds. The third kappa shape index (κ3) is 3.08. The van der Waals surface area contributed by atoms with Crippen molar-refractivity contribution in [3.8, 4) is 0 Å². The van der Waals surface area contributed by atoms with Crippen LogP contribution in [-0.4, -0.2) is 23.1 Å². The molecule has 4 heteroatoms. The summed E-state index contributed by atoms with van der Waals surface area (Å²) in [5, 5.41) is 2.94. The number of hydrogen-bond acceptors (Lipinski definition) is 2. The van der Waals surface area contributed by atoms with Gasteiger partial charge in [-0.25, -0.2) is 0 Å². The number of carbonyl (C=O) groups excluding carboxylic acids is 1. The molecule has 0 saturated carbocycles. The van der Waals surface area contributed by atoms with E-state index < -0.39 is 0 Å². The molecule has 1 aliphatic heterocycles. The Morgan fingerprint density at radius 3 is 2.75 bits per heavy atom. The predicted octanol–water partition coefficient (Wildman–Crippen LogP) is 1.75.